The van der Waals surface area contributed by atoms with E-state index in [4.69, 9.17) is 10.5 Å². The molecule has 2 bridgehead atoms. The number of nitrogens with two attached hydrogens (primary N) is 1. The third-order valence-corrected chi connectivity index (χ3v) is 7.27. The Kier molecular flexibility index (Phi) is 3.14. The number of hydrogen-bond donors (Lipinski definition) is 2. The predicted octanol–water partition coefficient (Wildman–Crippen LogP) is 1.83. The fourth-order valence-corrected chi connectivity index (χ4v) is 6.00. The third-order valence-electron chi connectivity index (χ3n) is 7.27. The summed E-state index contributed by atoms with van der Waals surface area (Å²) in [5.41, 5.74) is 8.24. The van der Waals surface area contributed by atoms with Crippen LogP contribution in [0.5, 0.6) is 5.75 Å². The first kappa shape index (κ1) is 15.2. The van der Waals surface area contributed by atoms with Crippen LogP contribution < -0.4 is 10.5 Å². The number of hydrogen-bond acceptors (Lipinski definition) is 4. The van der Waals surface area contributed by atoms with Crippen molar-refractivity contribution < 1.29 is 9.84 Å². The lowest BCUT2D eigenvalue weighted by atomic mass is 9.56. The van der Waals surface area contributed by atoms with Gasteiger partial charge in [0.2, 0.25) is 0 Å². The van der Waals surface area contributed by atoms with E-state index in [0.29, 0.717) is 0 Å². The zero-order valence-electron chi connectivity index (χ0n) is 14.5. The van der Waals surface area contributed by atoms with Crippen LogP contribution in [-0.2, 0) is 11.8 Å². The SMILES string of the molecule is COc1ccc2c(c1)[C@@]13CCN(CC4CC4)[C@H](C2)[C@]1(O)C[C@H](N)C3. The van der Waals surface area contributed by atoms with Gasteiger partial charge < -0.3 is 15.6 Å². The van der Waals surface area contributed by atoms with Crippen LogP contribution in [0.25, 0.3) is 0 Å². The van der Waals surface area contributed by atoms with E-state index in [1.807, 2.05) is 0 Å². The molecule has 0 amide bonds. The van der Waals surface area contributed by atoms with E-state index in [1.54, 1.807) is 7.11 Å². The summed E-state index contributed by atoms with van der Waals surface area (Å²) in [6.07, 6.45) is 6.31. The van der Waals surface area contributed by atoms with Crippen LogP contribution in [0.3, 0.4) is 0 Å². The molecule has 1 aromatic carbocycles. The maximum atomic E-state index is 11.9. The Labute approximate surface area is 144 Å². The largest absolute Gasteiger partial charge is 0.497 e. The van der Waals surface area contributed by atoms with E-state index in [1.165, 1.54) is 24.0 Å². The molecule has 130 valence electrons. The number of benzene rings is 1. The Morgan fingerprint density at radius 3 is 2.92 bits per heavy atom. The van der Waals surface area contributed by atoms with Crippen LogP contribution in [-0.4, -0.2) is 47.9 Å². The summed E-state index contributed by atoms with van der Waals surface area (Å²) in [5.74, 6) is 1.75. The van der Waals surface area contributed by atoms with Crippen LogP contribution in [0.15, 0.2) is 18.2 Å². The molecule has 2 saturated carbocycles. The third kappa shape index (κ3) is 1.91. The van der Waals surface area contributed by atoms with Crippen LogP contribution >= 0.6 is 0 Å². The number of piperidine rings is 1. The van der Waals surface area contributed by atoms with Crippen molar-refractivity contribution in [1.82, 2.24) is 4.90 Å². The van der Waals surface area contributed by atoms with E-state index in [9.17, 15) is 5.11 Å². The van der Waals surface area contributed by atoms with Gasteiger partial charge in [0, 0.05) is 24.0 Å². The Balaban J connectivity index is 1.63. The van der Waals surface area contributed by atoms with E-state index in [2.05, 4.69) is 23.1 Å². The normalized spacial score (nSPS) is 41.0. The maximum absolute atomic E-state index is 11.9. The van der Waals surface area contributed by atoms with Crippen LogP contribution in [0.1, 0.15) is 43.2 Å². The van der Waals surface area contributed by atoms with Crippen molar-refractivity contribution in [3.05, 3.63) is 29.3 Å². The van der Waals surface area contributed by atoms with Gasteiger partial charge in [0.25, 0.3) is 0 Å². The van der Waals surface area contributed by atoms with Gasteiger partial charge in [-0.3, -0.25) is 4.90 Å². The van der Waals surface area contributed by atoms with Crippen molar-refractivity contribution in [3.63, 3.8) is 0 Å². The lowest BCUT2D eigenvalue weighted by molar-refractivity contribution is -0.131. The molecule has 4 atom stereocenters. The number of ether oxygens (including phenoxy) is 1. The zero-order chi connectivity index (χ0) is 16.5. The van der Waals surface area contributed by atoms with Crippen molar-refractivity contribution in [3.8, 4) is 5.75 Å². The summed E-state index contributed by atoms with van der Waals surface area (Å²) >= 11 is 0. The summed E-state index contributed by atoms with van der Waals surface area (Å²) in [6.45, 7) is 2.25. The van der Waals surface area contributed by atoms with Gasteiger partial charge in [0.05, 0.1) is 12.7 Å². The van der Waals surface area contributed by atoms with Gasteiger partial charge in [-0.05, 0) is 74.2 Å². The molecule has 1 aliphatic heterocycles. The molecular formula is C20H28N2O2. The highest BCUT2D eigenvalue weighted by atomic mass is 16.5. The summed E-state index contributed by atoms with van der Waals surface area (Å²) in [4.78, 5) is 2.58. The number of methoxy groups -OCH3 is 1. The molecular weight excluding hydrogens is 300 g/mol. The molecule has 3 N–H and O–H groups in total. The average molecular weight is 328 g/mol. The van der Waals surface area contributed by atoms with E-state index in [0.717, 1.165) is 50.4 Å². The fourth-order valence-electron chi connectivity index (χ4n) is 6.00. The minimum absolute atomic E-state index is 0.0931. The van der Waals surface area contributed by atoms with E-state index < -0.39 is 5.60 Å². The van der Waals surface area contributed by atoms with E-state index in [-0.39, 0.29) is 17.5 Å². The van der Waals surface area contributed by atoms with Crippen molar-refractivity contribution in [2.75, 3.05) is 20.2 Å². The first-order valence-corrected chi connectivity index (χ1v) is 9.45. The smallest absolute Gasteiger partial charge is 0.119 e. The molecule has 5 rings (SSSR count). The highest BCUT2D eigenvalue weighted by molar-refractivity contribution is 5.49. The number of fused-ring (bicyclic) bond motifs is 1. The van der Waals surface area contributed by atoms with Crippen molar-refractivity contribution in [1.29, 1.82) is 0 Å². The van der Waals surface area contributed by atoms with Gasteiger partial charge in [-0.25, -0.2) is 0 Å². The molecule has 1 saturated heterocycles. The number of rotatable bonds is 3. The number of aliphatic hydroxyl groups is 1. The predicted molar refractivity (Wildman–Crippen MR) is 93.2 cm³/mol. The first-order chi connectivity index (χ1) is 11.6. The van der Waals surface area contributed by atoms with Crippen molar-refractivity contribution >= 4 is 0 Å². The second-order valence-corrected chi connectivity index (χ2v) is 8.61. The fraction of sp³-hybridized carbons (Fsp3) is 0.700. The quantitative estimate of drug-likeness (QED) is 0.889. The minimum atomic E-state index is -0.682. The van der Waals surface area contributed by atoms with Gasteiger partial charge in [-0.2, -0.15) is 0 Å². The second kappa shape index (κ2) is 4.96. The lowest BCUT2D eigenvalue weighted by Gasteiger charge is -2.59. The molecule has 24 heavy (non-hydrogen) atoms. The molecule has 0 radical (unpaired) electrons. The monoisotopic (exact) mass is 328 g/mol. The summed E-state index contributed by atoms with van der Waals surface area (Å²) in [7, 11) is 1.72. The number of likely N-dealkylation sites (tertiary alicyclic amines) is 1. The molecule has 1 heterocycles. The standard InChI is InChI=1S/C20H28N2O2/c1-24-16-5-4-14-8-18-20(23)11-15(21)10-19(20,17(14)9-16)6-7-22(18)12-13-2-3-13/h4-5,9,13,15,18,23H,2-3,6-8,10-12,21H2,1H3/t15-,18-,19+,20-/m1/s1. The van der Waals surface area contributed by atoms with Gasteiger partial charge in [-0.1, -0.05) is 6.07 Å². The van der Waals surface area contributed by atoms with Gasteiger partial charge in [-0.15, -0.1) is 0 Å². The molecule has 0 spiro atoms. The van der Waals surface area contributed by atoms with Crippen molar-refractivity contribution in [2.45, 2.75) is 61.6 Å². The molecule has 3 aliphatic carbocycles. The summed E-state index contributed by atoms with van der Waals surface area (Å²) < 4.78 is 5.48. The molecule has 0 aromatic heterocycles. The lowest BCUT2D eigenvalue weighted by Crippen LogP contribution is -2.69. The highest BCUT2D eigenvalue weighted by Crippen LogP contribution is 2.60. The maximum Gasteiger partial charge on any atom is 0.119 e. The minimum Gasteiger partial charge on any atom is -0.497 e. The molecule has 4 heteroatoms. The van der Waals surface area contributed by atoms with Crippen LogP contribution in [0.2, 0.25) is 0 Å². The summed E-state index contributed by atoms with van der Waals surface area (Å²) in [5, 5.41) is 11.9. The topological polar surface area (TPSA) is 58.7 Å². The van der Waals surface area contributed by atoms with Crippen LogP contribution in [0.4, 0.5) is 0 Å². The Hall–Kier alpha value is -1.10. The zero-order valence-corrected chi connectivity index (χ0v) is 14.5. The first-order valence-electron chi connectivity index (χ1n) is 9.45. The number of nitrogens with zero attached hydrogens (tertiary/aromatic N) is 1. The molecule has 0 unspecified atom stereocenters. The van der Waals surface area contributed by atoms with Crippen molar-refractivity contribution in [2.24, 2.45) is 11.7 Å². The second-order valence-electron chi connectivity index (χ2n) is 8.61. The highest BCUT2D eigenvalue weighted by Gasteiger charge is 2.66. The van der Waals surface area contributed by atoms with E-state index >= 15 is 0 Å². The van der Waals surface area contributed by atoms with Crippen LogP contribution in [0, 0.1) is 5.92 Å². The molecule has 3 fully saturated rings. The summed E-state index contributed by atoms with van der Waals surface area (Å²) in [6, 6.07) is 6.77. The Morgan fingerprint density at radius 2 is 2.17 bits per heavy atom. The van der Waals surface area contributed by atoms with Gasteiger partial charge in [0.1, 0.15) is 5.75 Å². The molecule has 1 aromatic rings. The average Bonchev–Trinajstić information content (AvgIpc) is 3.31. The molecule has 4 nitrogen and oxygen atoms in total. The van der Waals surface area contributed by atoms with Gasteiger partial charge >= 0.3 is 0 Å². The Bertz CT molecular complexity index is 674. The van der Waals surface area contributed by atoms with Gasteiger partial charge in [0.15, 0.2) is 0 Å². The molecule has 4 aliphatic rings. The Morgan fingerprint density at radius 1 is 1.33 bits per heavy atom.